The number of benzene rings is 1. The molecule has 10 heteroatoms. The number of anilines is 1. The predicted octanol–water partition coefficient (Wildman–Crippen LogP) is 4.69. The van der Waals surface area contributed by atoms with E-state index in [2.05, 4.69) is 26.7 Å². The van der Waals surface area contributed by atoms with Gasteiger partial charge in [-0.05, 0) is 56.8 Å². The maximum absolute atomic E-state index is 12.7. The molecule has 1 aromatic rings. The molecule has 33 heavy (non-hydrogen) atoms. The van der Waals surface area contributed by atoms with Crippen molar-refractivity contribution in [3.8, 4) is 0 Å². The predicted molar refractivity (Wildman–Crippen MR) is 120 cm³/mol. The van der Waals surface area contributed by atoms with E-state index in [0.29, 0.717) is 26.3 Å². The summed E-state index contributed by atoms with van der Waals surface area (Å²) in [6.45, 7) is 6.44. The Kier molecular flexibility index (Phi) is 7.31. The molecule has 1 amide bonds. The topological polar surface area (TPSA) is 45.2 Å². The maximum Gasteiger partial charge on any atom is 0.425 e. The first-order chi connectivity index (χ1) is 15.7. The molecule has 184 valence electrons. The summed E-state index contributed by atoms with van der Waals surface area (Å²) in [6.07, 6.45) is -4.00. The molecule has 0 bridgehead atoms. The summed E-state index contributed by atoms with van der Waals surface area (Å²) in [5.41, 5.74) is 2.13. The minimum atomic E-state index is -4.55. The number of amides is 1. The van der Waals surface area contributed by atoms with E-state index < -0.39 is 18.4 Å². The van der Waals surface area contributed by atoms with Crippen LogP contribution in [0.2, 0.25) is 5.02 Å². The van der Waals surface area contributed by atoms with Gasteiger partial charge in [-0.3, -0.25) is 4.90 Å². The SMILES string of the molecule is CC(OC(=O)N1CCC2(CCCN2Cc2ccc(N3CCOCC3)c(Cl)c2)CC1)C(F)(F)F. The quantitative estimate of drug-likeness (QED) is 0.613. The fourth-order valence-electron chi connectivity index (χ4n) is 5.14. The number of piperidine rings is 1. The van der Waals surface area contributed by atoms with Gasteiger partial charge in [0.1, 0.15) is 0 Å². The van der Waals surface area contributed by atoms with E-state index >= 15 is 0 Å². The first kappa shape index (κ1) is 24.4. The van der Waals surface area contributed by atoms with Crippen LogP contribution in [0.4, 0.5) is 23.7 Å². The number of alkyl halides is 3. The highest BCUT2D eigenvalue weighted by molar-refractivity contribution is 6.33. The molecule has 3 saturated heterocycles. The fraction of sp³-hybridized carbons (Fsp3) is 0.696. The van der Waals surface area contributed by atoms with Crippen molar-refractivity contribution in [2.45, 2.75) is 57.0 Å². The summed E-state index contributed by atoms with van der Waals surface area (Å²) in [5.74, 6) is 0. The second-order valence-corrected chi connectivity index (χ2v) is 9.60. The Morgan fingerprint density at radius 1 is 1.15 bits per heavy atom. The number of morpholine rings is 1. The van der Waals surface area contributed by atoms with Crippen molar-refractivity contribution in [3.05, 3.63) is 28.8 Å². The molecule has 0 N–H and O–H groups in total. The molecule has 1 atom stereocenters. The minimum absolute atomic E-state index is 0.0399. The lowest BCUT2D eigenvalue weighted by atomic mass is 9.85. The van der Waals surface area contributed by atoms with Gasteiger partial charge >= 0.3 is 12.3 Å². The maximum atomic E-state index is 12.7. The molecule has 3 aliphatic heterocycles. The summed E-state index contributed by atoms with van der Waals surface area (Å²) in [5, 5.41) is 0.735. The molecule has 3 aliphatic rings. The molecule has 0 aromatic heterocycles. The number of ether oxygens (including phenoxy) is 2. The Morgan fingerprint density at radius 2 is 1.85 bits per heavy atom. The third kappa shape index (κ3) is 5.52. The third-order valence-corrected chi connectivity index (χ3v) is 7.47. The van der Waals surface area contributed by atoms with E-state index in [1.807, 2.05) is 6.07 Å². The highest BCUT2D eigenvalue weighted by atomic mass is 35.5. The molecular weight excluding hydrogens is 459 g/mol. The van der Waals surface area contributed by atoms with Crippen LogP contribution in [0, 0.1) is 0 Å². The molecule has 0 saturated carbocycles. The number of likely N-dealkylation sites (tertiary alicyclic amines) is 2. The van der Waals surface area contributed by atoms with Gasteiger partial charge in [0.15, 0.2) is 6.10 Å². The first-order valence-electron chi connectivity index (χ1n) is 11.6. The summed E-state index contributed by atoms with van der Waals surface area (Å²) >= 11 is 6.61. The lowest BCUT2D eigenvalue weighted by molar-refractivity contribution is -0.200. The van der Waals surface area contributed by atoms with Crippen molar-refractivity contribution < 1.29 is 27.4 Å². The van der Waals surface area contributed by atoms with Gasteiger partial charge < -0.3 is 19.3 Å². The van der Waals surface area contributed by atoms with Crippen molar-refractivity contribution in [3.63, 3.8) is 0 Å². The monoisotopic (exact) mass is 489 g/mol. The van der Waals surface area contributed by atoms with Gasteiger partial charge in [-0.25, -0.2) is 4.79 Å². The summed E-state index contributed by atoms with van der Waals surface area (Å²) in [7, 11) is 0. The normalized spacial score (nSPS) is 22.6. The van der Waals surface area contributed by atoms with E-state index in [0.717, 1.165) is 75.1 Å². The van der Waals surface area contributed by atoms with Gasteiger partial charge in [-0.2, -0.15) is 13.2 Å². The van der Waals surface area contributed by atoms with Crippen LogP contribution < -0.4 is 4.90 Å². The Bertz CT molecular complexity index is 840. The van der Waals surface area contributed by atoms with E-state index in [1.54, 1.807) is 0 Å². The highest BCUT2D eigenvalue weighted by Gasteiger charge is 2.45. The average molecular weight is 490 g/mol. The van der Waals surface area contributed by atoms with Gasteiger partial charge in [0.2, 0.25) is 0 Å². The number of carbonyl (C=O) groups excluding carboxylic acids is 1. The summed E-state index contributed by atoms with van der Waals surface area (Å²) in [4.78, 5) is 18.3. The van der Waals surface area contributed by atoms with Gasteiger partial charge in [0, 0.05) is 38.3 Å². The lowest BCUT2D eigenvalue weighted by Gasteiger charge is -2.45. The van der Waals surface area contributed by atoms with E-state index in [4.69, 9.17) is 16.3 Å². The average Bonchev–Trinajstić information content (AvgIpc) is 3.15. The van der Waals surface area contributed by atoms with E-state index in [9.17, 15) is 18.0 Å². The van der Waals surface area contributed by atoms with Crippen LogP contribution >= 0.6 is 11.6 Å². The van der Waals surface area contributed by atoms with Crippen LogP contribution in [0.15, 0.2) is 18.2 Å². The van der Waals surface area contributed by atoms with Crippen LogP contribution in [0.5, 0.6) is 0 Å². The van der Waals surface area contributed by atoms with E-state index in [-0.39, 0.29) is 5.54 Å². The molecule has 4 rings (SSSR count). The smallest absolute Gasteiger partial charge is 0.425 e. The van der Waals surface area contributed by atoms with E-state index in [1.165, 1.54) is 4.90 Å². The lowest BCUT2D eigenvalue weighted by Crippen LogP contribution is -2.53. The second-order valence-electron chi connectivity index (χ2n) is 9.19. The highest BCUT2D eigenvalue weighted by Crippen LogP contribution is 2.40. The van der Waals surface area contributed by atoms with Crippen molar-refractivity contribution in [1.82, 2.24) is 9.80 Å². The molecule has 1 unspecified atom stereocenters. The summed E-state index contributed by atoms with van der Waals surface area (Å²) in [6, 6.07) is 6.23. The van der Waals surface area contributed by atoms with Gasteiger partial charge in [0.05, 0.1) is 23.9 Å². The molecule has 0 aliphatic carbocycles. The van der Waals surface area contributed by atoms with Gasteiger partial charge in [-0.15, -0.1) is 0 Å². The standard InChI is InChI=1S/C23H31ClF3N3O3/c1-17(23(25,26)27)33-21(31)29-9-6-22(7-10-29)5-2-8-30(22)16-18-3-4-20(19(24)15-18)28-11-13-32-14-12-28/h3-4,15,17H,2,5-14,16H2,1H3. The Morgan fingerprint density at radius 3 is 2.48 bits per heavy atom. The number of carbonyl (C=O) groups is 1. The zero-order valence-corrected chi connectivity index (χ0v) is 19.6. The molecule has 0 radical (unpaired) electrons. The number of hydrogen-bond donors (Lipinski definition) is 0. The number of nitrogens with zero attached hydrogens (tertiary/aromatic N) is 3. The van der Waals surface area contributed by atoms with Crippen molar-refractivity contribution >= 4 is 23.4 Å². The molecule has 3 fully saturated rings. The van der Waals surface area contributed by atoms with Crippen molar-refractivity contribution in [2.75, 3.05) is 50.8 Å². The fourth-order valence-corrected chi connectivity index (χ4v) is 5.46. The largest absolute Gasteiger partial charge is 0.437 e. The Balaban J connectivity index is 1.35. The van der Waals surface area contributed by atoms with Crippen LogP contribution in [-0.4, -0.2) is 79.6 Å². The number of halogens is 4. The van der Waals surface area contributed by atoms with Crippen LogP contribution in [-0.2, 0) is 16.0 Å². The first-order valence-corrected chi connectivity index (χ1v) is 11.9. The van der Waals surface area contributed by atoms with Gasteiger partial charge in [0.25, 0.3) is 0 Å². The molecule has 3 heterocycles. The molecule has 1 spiro atoms. The summed E-state index contributed by atoms with van der Waals surface area (Å²) < 4.78 is 48.2. The van der Waals surface area contributed by atoms with Crippen molar-refractivity contribution in [2.24, 2.45) is 0 Å². The zero-order chi connectivity index (χ0) is 23.6. The van der Waals surface area contributed by atoms with Crippen LogP contribution in [0.1, 0.15) is 38.2 Å². The number of rotatable bonds is 4. The molecule has 1 aromatic carbocycles. The Labute approximate surface area is 197 Å². The van der Waals surface area contributed by atoms with Gasteiger partial charge in [-0.1, -0.05) is 17.7 Å². The number of hydrogen-bond acceptors (Lipinski definition) is 5. The van der Waals surface area contributed by atoms with Crippen LogP contribution in [0.25, 0.3) is 0 Å². The Hall–Kier alpha value is -1.71. The zero-order valence-electron chi connectivity index (χ0n) is 18.9. The molecule has 6 nitrogen and oxygen atoms in total. The second kappa shape index (κ2) is 9.88. The minimum Gasteiger partial charge on any atom is -0.437 e. The van der Waals surface area contributed by atoms with Crippen molar-refractivity contribution in [1.29, 1.82) is 0 Å². The third-order valence-electron chi connectivity index (χ3n) is 7.17. The van der Waals surface area contributed by atoms with Crippen LogP contribution in [0.3, 0.4) is 0 Å². The molecular formula is C23H31ClF3N3O3.